The number of rotatable bonds is 3. The number of aromatic nitrogens is 3. The fourth-order valence-corrected chi connectivity index (χ4v) is 5.46. The van der Waals surface area contributed by atoms with E-state index in [0.29, 0.717) is 0 Å². The summed E-state index contributed by atoms with van der Waals surface area (Å²) in [5.74, 6) is 0. The molecule has 0 N–H and O–H groups in total. The van der Waals surface area contributed by atoms with Crippen LogP contribution in [0.3, 0.4) is 0 Å². The van der Waals surface area contributed by atoms with Crippen molar-refractivity contribution in [1.82, 2.24) is 14.5 Å². The second kappa shape index (κ2) is 8.43. The smallest absolute Gasteiger partial charge is 0.115 e. The maximum atomic E-state index is 5.34. The van der Waals surface area contributed by atoms with Crippen LogP contribution >= 0.6 is 15.9 Å². The zero-order chi connectivity index (χ0) is 24.1. The third-order valence-electron chi connectivity index (χ3n) is 6.67. The molecule has 36 heavy (non-hydrogen) atoms. The molecule has 0 radical (unpaired) electrons. The Balaban J connectivity index is 1.62. The summed E-state index contributed by atoms with van der Waals surface area (Å²) < 4.78 is 3.23. The summed E-state index contributed by atoms with van der Waals surface area (Å²) in [7, 11) is 0. The van der Waals surface area contributed by atoms with Gasteiger partial charge in [-0.15, -0.1) is 0 Å². The molecule has 5 aromatic carbocycles. The summed E-state index contributed by atoms with van der Waals surface area (Å²) in [6.45, 7) is 0. The quantitative estimate of drug-likeness (QED) is 0.230. The van der Waals surface area contributed by atoms with Crippen molar-refractivity contribution in [3.8, 4) is 28.2 Å². The van der Waals surface area contributed by atoms with Crippen LogP contribution in [-0.4, -0.2) is 14.5 Å². The Morgan fingerprint density at radius 1 is 0.472 bits per heavy atom. The van der Waals surface area contributed by atoms with Crippen LogP contribution in [0.1, 0.15) is 0 Å². The molecule has 0 aliphatic rings. The van der Waals surface area contributed by atoms with Crippen molar-refractivity contribution < 1.29 is 0 Å². The summed E-state index contributed by atoms with van der Waals surface area (Å²) in [5, 5.41) is 2.45. The molecule has 0 saturated heterocycles. The van der Waals surface area contributed by atoms with Gasteiger partial charge in [-0.2, -0.15) is 0 Å². The zero-order valence-electron chi connectivity index (χ0n) is 19.3. The van der Waals surface area contributed by atoms with Gasteiger partial charge < -0.3 is 4.57 Å². The van der Waals surface area contributed by atoms with Gasteiger partial charge in [-0.25, -0.2) is 9.97 Å². The van der Waals surface area contributed by atoms with Crippen LogP contribution in [0.15, 0.2) is 126 Å². The maximum Gasteiger partial charge on any atom is 0.115 e. The monoisotopic (exact) mass is 525 g/mol. The number of halogens is 1. The molecule has 2 aromatic heterocycles. The fourth-order valence-electron chi connectivity index (χ4n) is 5.05. The molecule has 0 spiro atoms. The van der Waals surface area contributed by atoms with Crippen molar-refractivity contribution in [3.63, 3.8) is 0 Å². The maximum absolute atomic E-state index is 5.34. The second-order valence-electron chi connectivity index (χ2n) is 8.79. The van der Waals surface area contributed by atoms with Crippen LogP contribution in [0.2, 0.25) is 0 Å². The molecule has 170 valence electrons. The Morgan fingerprint density at radius 3 is 1.50 bits per heavy atom. The third kappa shape index (κ3) is 3.26. The van der Waals surface area contributed by atoms with E-state index in [1.165, 1.54) is 10.8 Å². The predicted octanol–water partition coefficient (Wildman–Crippen LogP) is 8.82. The minimum atomic E-state index is 0.841. The molecule has 3 nitrogen and oxygen atoms in total. The third-order valence-corrected chi connectivity index (χ3v) is 7.31. The van der Waals surface area contributed by atoms with Crippen LogP contribution < -0.4 is 0 Å². The predicted molar refractivity (Wildman–Crippen MR) is 152 cm³/mol. The number of fused-ring (bicyclic) bond motifs is 4. The highest BCUT2D eigenvalue weighted by molar-refractivity contribution is 9.10. The molecule has 0 atom stereocenters. The highest BCUT2D eigenvalue weighted by atomic mass is 79.9. The highest BCUT2D eigenvalue weighted by Gasteiger charge is 2.19. The van der Waals surface area contributed by atoms with E-state index in [2.05, 4.69) is 105 Å². The number of hydrogen-bond acceptors (Lipinski definition) is 2. The lowest BCUT2D eigenvalue weighted by Crippen LogP contribution is -2.01. The first kappa shape index (κ1) is 21.0. The number of para-hydroxylation sites is 2. The van der Waals surface area contributed by atoms with Crippen molar-refractivity contribution >= 4 is 48.8 Å². The Labute approximate surface area is 216 Å². The van der Waals surface area contributed by atoms with Gasteiger partial charge in [0.2, 0.25) is 0 Å². The molecule has 0 aliphatic heterocycles. The van der Waals surface area contributed by atoms with Crippen LogP contribution in [0, 0.1) is 0 Å². The summed E-state index contributed by atoms with van der Waals surface area (Å²) in [6.07, 6.45) is 0. The largest absolute Gasteiger partial charge is 0.307 e. The van der Waals surface area contributed by atoms with E-state index in [1.54, 1.807) is 0 Å². The molecule has 0 amide bonds. The van der Waals surface area contributed by atoms with Crippen LogP contribution in [-0.2, 0) is 0 Å². The summed E-state index contributed by atoms with van der Waals surface area (Å²) in [5.41, 5.74) is 8.83. The van der Waals surface area contributed by atoms with Crippen molar-refractivity contribution in [2.45, 2.75) is 0 Å². The normalized spacial score (nSPS) is 11.5. The van der Waals surface area contributed by atoms with E-state index in [4.69, 9.17) is 9.97 Å². The highest BCUT2D eigenvalue weighted by Crippen LogP contribution is 2.38. The van der Waals surface area contributed by atoms with Crippen LogP contribution in [0.25, 0.3) is 61.0 Å². The molecule has 7 rings (SSSR count). The first-order chi connectivity index (χ1) is 17.8. The van der Waals surface area contributed by atoms with Crippen molar-refractivity contribution in [1.29, 1.82) is 0 Å². The van der Waals surface area contributed by atoms with Crippen molar-refractivity contribution in [3.05, 3.63) is 126 Å². The summed E-state index contributed by atoms with van der Waals surface area (Å²) in [6, 6.07) is 41.9. The van der Waals surface area contributed by atoms with E-state index in [-0.39, 0.29) is 0 Å². The Hall–Kier alpha value is -4.28. The van der Waals surface area contributed by atoms with Gasteiger partial charge in [-0.05, 0) is 40.2 Å². The lowest BCUT2D eigenvalue weighted by Gasteiger charge is -2.15. The standard InChI is InChI=1S/C32H20BrN3/c33-25-19-20-28(36-26-17-9-7-15-23(26)24-16-8-10-18-27(24)36)32-31(25)34-29(21-11-3-1-4-12-21)30(35-32)22-13-5-2-6-14-22/h1-20H. The van der Waals surface area contributed by atoms with E-state index in [1.807, 2.05) is 36.4 Å². The van der Waals surface area contributed by atoms with Crippen molar-refractivity contribution in [2.24, 2.45) is 0 Å². The summed E-state index contributed by atoms with van der Waals surface area (Å²) >= 11 is 3.77. The van der Waals surface area contributed by atoms with Crippen LogP contribution in [0.4, 0.5) is 0 Å². The molecule has 4 heteroatoms. The van der Waals surface area contributed by atoms with E-state index in [0.717, 1.165) is 54.7 Å². The lowest BCUT2D eigenvalue weighted by molar-refractivity contribution is 1.17. The van der Waals surface area contributed by atoms with Gasteiger partial charge in [0.1, 0.15) is 11.0 Å². The minimum Gasteiger partial charge on any atom is -0.307 e. The van der Waals surface area contributed by atoms with E-state index in [9.17, 15) is 0 Å². The van der Waals surface area contributed by atoms with E-state index >= 15 is 0 Å². The molecule has 0 aliphatic carbocycles. The Morgan fingerprint density at radius 2 is 0.944 bits per heavy atom. The van der Waals surface area contributed by atoms with Gasteiger partial charge in [0.05, 0.1) is 28.1 Å². The molecule has 7 aromatic rings. The molecular weight excluding hydrogens is 506 g/mol. The molecule has 0 fully saturated rings. The second-order valence-corrected chi connectivity index (χ2v) is 9.64. The molecule has 0 saturated carbocycles. The van der Waals surface area contributed by atoms with Gasteiger partial charge in [-0.1, -0.05) is 97.1 Å². The average Bonchev–Trinajstić information content (AvgIpc) is 3.28. The summed E-state index contributed by atoms with van der Waals surface area (Å²) in [4.78, 5) is 10.6. The Kier molecular flexibility index (Phi) is 4.93. The van der Waals surface area contributed by atoms with Crippen molar-refractivity contribution in [2.75, 3.05) is 0 Å². The van der Waals surface area contributed by atoms with Gasteiger partial charge in [0, 0.05) is 26.4 Å². The van der Waals surface area contributed by atoms with E-state index < -0.39 is 0 Å². The Bertz CT molecular complexity index is 1840. The molecular formula is C32H20BrN3. The lowest BCUT2D eigenvalue weighted by atomic mass is 10.0. The molecule has 0 unspecified atom stereocenters. The fraction of sp³-hybridized carbons (Fsp3) is 0. The number of nitrogens with zero attached hydrogens (tertiary/aromatic N) is 3. The SMILES string of the molecule is Brc1ccc(-n2c3ccccc3c3ccccc32)c2nc(-c3ccccc3)c(-c3ccccc3)nc12. The first-order valence-corrected chi connectivity index (χ1v) is 12.7. The zero-order valence-corrected chi connectivity index (χ0v) is 20.9. The average molecular weight is 526 g/mol. The van der Waals surface area contributed by atoms with Gasteiger partial charge >= 0.3 is 0 Å². The molecule has 2 heterocycles. The minimum absolute atomic E-state index is 0.841. The first-order valence-electron chi connectivity index (χ1n) is 11.9. The van der Waals surface area contributed by atoms with Gasteiger partial charge in [0.15, 0.2) is 0 Å². The molecule has 0 bridgehead atoms. The topological polar surface area (TPSA) is 30.7 Å². The van der Waals surface area contributed by atoms with Gasteiger partial charge in [0.25, 0.3) is 0 Å². The number of benzene rings is 5. The van der Waals surface area contributed by atoms with Crippen LogP contribution in [0.5, 0.6) is 0 Å². The van der Waals surface area contributed by atoms with Gasteiger partial charge in [-0.3, -0.25) is 0 Å². The number of hydrogen-bond donors (Lipinski definition) is 0.